The fraction of sp³-hybridized carbons (Fsp3) is 0.364. The first-order valence-electron chi connectivity index (χ1n) is 4.53. The lowest BCUT2D eigenvalue weighted by molar-refractivity contribution is 0.112. The average molecular weight is 195 g/mol. The van der Waals surface area contributed by atoms with E-state index in [2.05, 4.69) is 0 Å². The summed E-state index contributed by atoms with van der Waals surface area (Å²) in [5.41, 5.74) is 1.83. The Morgan fingerprint density at radius 3 is 2.77 bits per heavy atom. The lowest BCUT2D eigenvalue weighted by Crippen LogP contribution is -1.89. The number of halogens is 1. The third-order valence-electron chi connectivity index (χ3n) is 2.41. The van der Waals surface area contributed by atoms with Crippen molar-refractivity contribution in [2.75, 3.05) is 0 Å². The molecule has 0 N–H and O–H groups in total. The van der Waals surface area contributed by atoms with Crippen LogP contribution in [0, 0.1) is 5.92 Å². The molecule has 1 aromatic rings. The molecule has 0 saturated heterocycles. The van der Waals surface area contributed by atoms with E-state index in [1.807, 2.05) is 12.1 Å². The van der Waals surface area contributed by atoms with E-state index in [-0.39, 0.29) is 0 Å². The Hall–Kier alpha value is -0.820. The van der Waals surface area contributed by atoms with Crippen LogP contribution in [0.2, 0.25) is 5.02 Å². The molecule has 1 aliphatic rings. The van der Waals surface area contributed by atoms with Gasteiger partial charge in [0.2, 0.25) is 0 Å². The summed E-state index contributed by atoms with van der Waals surface area (Å²) in [7, 11) is 0. The first-order chi connectivity index (χ1) is 6.29. The standard InChI is InChI=1S/C11H11ClO/c12-11-6-9(5-8-1-2-8)3-4-10(11)7-13/h3-4,6-8H,1-2,5H2. The molecule has 0 heterocycles. The topological polar surface area (TPSA) is 17.1 Å². The van der Waals surface area contributed by atoms with E-state index < -0.39 is 0 Å². The monoisotopic (exact) mass is 194 g/mol. The first kappa shape index (κ1) is 8.76. The lowest BCUT2D eigenvalue weighted by atomic mass is 10.1. The lowest BCUT2D eigenvalue weighted by Gasteiger charge is -2.01. The van der Waals surface area contributed by atoms with Crippen molar-refractivity contribution in [1.82, 2.24) is 0 Å². The summed E-state index contributed by atoms with van der Waals surface area (Å²) in [6.45, 7) is 0. The van der Waals surface area contributed by atoms with Gasteiger partial charge in [-0.15, -0.1) is 0 Å². The van der Waals surface area contributed by atoms with Gasteiger partial charge < -0.3 is 0 Å². The molecule has 0 aliphatic heterocycles. The summed E-state index contributed by atoms with van der Waals surface area (Å²) in [5.74, 6) is 0.859. The van der Waals surface area contributed by atoms with Crippen LogP contribution in [0.25, 0.3) is 0 Å². The van der Waals surface area contributed by atoms with Crippen LogP contribution in [0.3, 0.4) is 0 Å². The molecule has 0 unspecified atom stereocenters. The van der Waals surface area contributed by atoms with Gasteiger partial charge in [-0.2, -0.15) is 0 Å². The predicted octanol–water partition coefficient (Wildman–Crippen LogP) is 3.11. The molecule has 1 fully saturated rings. The molecule has 0 bridgehead atoms. The first-order valence-corrected chi connectivity index (χ1v) is 4.91. The second-order valence-electron chi connectivity index (χ2n) is 3.62. The summed E-state index contributed by atoms with van der Waals surface area (Å²) >= 11 is 5.90. The van der Waals surface area contributed by atoms with Crippen LogP contribution in [0.15, 0.2) is 18.2 Å². The van der Waals surface area contributed by atoms with Crippen LogP contribution < -0.4 is 0 Å². The molecule has 1 aromatic carbocycles. The average Bonchev–Trinajstić information content (AvgIpc) is 2.89. The highest BCUT2D eigenvalue weighted by molar-refractivity contribution is 6.33. The predicted molar refractivity (Wildman–Crippen MR) is 53.3 cm³/mol. The number of aldehydes is 1. The van der Waals surface area contributed by atoms with E-state index >= 15 is 0 Å². The fourth-order valence-corrected chi connectivity index (χ4v) is 1.70. The SMILES string of the molecule is O=Cc1ccc(CC2CC2)cc1Cl. The van der Waals surface area contributed by atoms with Crippen molar-refractivity contribution >= 4 is 17.9 Å². The number of carbonyl (C=O) groups excluding carboxylic acids is 1. The van der Waals surface area contributed by atoms with Gasteiger partial charge >= 0.3 is 0 Å². The van der Waals surface area contributed by atoms with E-state index in [4.69, 9.17) is 11.6 Å². The minimum absolute atomic E-state index is 0.577. The molecular weight excluding hydrogens is 184 g/mol. The van der Waals surface area contributed by atoms with E-state index in [9.17, 15) is 4.79 Å². The number of rotatable bonds is 3. The van der Waals surface area contributed by atoms with E-state index in [1.165, 1.54) is 18.4 Å². The molecule has 1 saturated carbocycles. The molecule has 0 aromatic heterocycles. The molecule has 0 radical (unpaired) electrons. The summed E-state index contributed by atoms with van der Waals surface area (Å²) in [6, 6.07) is 5.70. The van der Waals surface area contributed by atoms with Gasteiger partial charge in [0.25, 0.3) is 0 Å². The molecule has 0 atom stereocenters. The molecule has 68 valence electrons. The van der Waals surface area contributed by atoms with Crippen molar-refractivity contribution in [1.29, 1.82) is 0 Å². The van der Waals surface area contributed by atoms with Crippen molar-refractivity contribution in [2.24, 2.45) is 5.92 Å². The van der Waals surface area contributed by atoms with Crippen LogP contribution in [-0.4, -0.2) is 6.29 Å². The Balaban J connectivity index is 2.18. The minimum Gasteiger partial charge on any atom is -0.298 e. The van der Waals surface area contributed by atoms with Gasteiger partial charge in [-0.25, -0.2) is 0 Å². The second-order valence-corrected chi connectivity index (χ2v) is 4.03. The van der Waals surface area contributed by atoms with Crippen LogP contribution in [-0.2, 0) is 6.42 Å². The third kappa shape index (κ3) is 2.10. The summed E-state index contributed by atoms with van der Waals surface area (Å²) in [5, 5.41) is 0.577. The second kappa shape index (κ2) is 3.51. The smallest absolute Gasteiger partial charge is 0.151 e. The maximum atomic E-state index is 10.5. The normalized spacial score (nSPS) is 15.8. The Bertz CT molecular complexity index is 329. The van der Waals surface area contributed by atoms with Crippen molar-refractivity contribution in [3.63, 3.8) is 0 Å². The Labute approximate surface area is 82.7 Å². The summed E-state index contributed by atoms with van der Waals surface area (Å²) < 4.78 is 0. The third-order valence-corrected chi connectivity index (χ3v) is 2.74. The molecule has 2 rings (SSSR count). The van der Waals surface area contributed by atoms with E-state index in [1.54, 1.807) is 6.07 Å². The molecule has 0 amide bonds. The molecular formula is C11H11ClO. The molecule has 13 heavy (non-hydrogen) atoms. The van der Waals surface area contributed by atoms with Crippen LogP contribution in [0.4, 0.5) is 0 Å². The van der Waals surface area contributed by atoms with E-state index in [0.717, 1.165) is 18.6 Å². The van der Waals surface area contributed by atoms with Crippen molar-refractivity contribution in [3.8, 4) is 0 Å². The van der Waals surface area contributed by atoms with Gasteiger partial charge in [0.05, 0.1) is 5.02 Å². The van der Waals surface area contributed by atoms with E-state index in [0.29, 0.717) is 10.6 Å². The fourth-order valence-electron chi connectivity index (χ4n) is 1.45. The molecule has 2 heteroatoms. The zero-order valence-electron chi connectivity index (χ0n) is 7.29. The van der Waals surface area contributed by atoms with Crippen molar-refractivity contribution in [2.45, 2.75) is 19.3 Å². The van der Waals surface area contributed by atoms with Gasteiger partial charge in [-0.1, -0.05) is 17.7 Å². The highest BCUT2D eigenvalue weighted by Crippen LogP contribution is 2.33. The van der Waals surface area contributed by atoms with Gasteiger partial charge in [-0.3, -0.25) is 4.79 Å². The molecule has 1 aliphatic carbocycles. The largest absolute Gasteiger partial charge is 0.298 e. The minimum atomic E-state index is 0.577. The Morgan fingerprint density at radius 1 is 1.46 bits per heavy atom. The quantitative estimate of drug-likeness (QED) is 0.676. The van der Waals surface area contributed by atoms with Crippen molar-refractivity contribution in [3.05, 3.63) is 34.3 Å². The number of carbonyl (C=O) groups is 1. The van der Waals surface area contributed by atoms with Crippen molar-refractivity contribution < 1.29 is 4.79 Å². The van der Waals surface area contributed by atoms with Crippen LogP contribution in [0.5, 0.6) is 0 Å². The number of benzene rings is 1. The summed E-state index contributed by atoms with van der Waals surface area (Å²) in [4.78, 5) is 10.5. The highest BCUT2D eigenvalue weighted by atomic mass is 35.5. The van der Waals surface area contributed by atoms with Gasteiger partial charge in [-0.05, 0) is 42.9 Å². The Kier molecular flexibility index (Phi) is 2.36. The van der Waals surface area contributed by atoms with Crippen LogP contribution in [0.1, 0.15) is 28.8 Å². The number of hydrogen-bond donors (Lipinski definition) is 0. The maximum Gasteiger partial charge on any atom is 0.151 e. The molecule has 0 spiro atoms. The van der Waals surface area contributed by atoms with Crippen LogP contribution >= 0.6 is 11.6 Å². The number of hydrogen-bond acceptors (Lipinski definition) is 1. The van der Waals surface area contributed by atoms with Gasteiger partial charge in [0.15, 0.2) is 6.29 Å². The zero-order chi connectivity index (χ0) is 9.26. The zero-order valence-corrected chi connectivity index (χ0v) is 8.05. The summed E-state index contributed by atoms with van der Waals surface area (Å²) in [6.07, 6.45) is 4.59. The van der Waals surface area contributed by atoms with Gasteiger partial charge in [0, 0.05) is 5.56 Å². The highest BCUT2D eigenvalue weighted by Gasteiger charge is 2.21. The van der Waals surface area contributed by atoms with Gasteiger partial charge in [0.1, 0.15) is 0 Å². The maximum absolute atomic E-state index is 10.5. The Morgan fingerprint density at radius 2 is 2.23 bits per heavy atom. The molecule has 1 nitrogen and oxygen atoms in total.